The number of hydrogen-bond acceptors (Lipinski definition) is 4. The highest BCUT2D eigenvalue weighted by Crippen LogP contribution is 2.26. The molecule has 3 rings (SSSR count). The fourth-order valence-corrected chi connectivity index (χ4v) is 3.84. The molecule has 7 nitrogen and oxygen atoms in total. The van der Waals surface area contributed by atoms with E-state index in [1.807, 2.05) is 23.1 Å². The SMILES string of the molecule is Cc1ncc(S(N)(=O)=O)cc1CNC(=O)N1CCCC(c2ccccc2)C1. The van der Waals surface area contributed by atoms with Crippen LogP contribution in [0.1, 0.15) is 35.6 Å². The third-order valence-electron chi connectivity index (χ3n) is 4.90. The second-order valence-corrected chi connectivity index (χ2v) is 8.38. The summed E-state index contributed by atoms with van der Waals surface area (Å²) in [6.07, 6.45) is 3.24. The van der Waals surface area contributed by atoms with E-state index in [9.17, 15) is 13.2 Å². The number of piperidine rings is 1. The summed E-state index contributed by atoms with van der Waals surface area (Å²) in [7, 11) is -3.82. The van der Waals surface area contributed by atoms with Gasteiger partial charge in [0.05, 0.1) is 0 Å². The molecular formula is C19H24N4O3S. The van der Waals surface area contributed by atoms with Gasteiger partial charge in [-0.3, -0.25) is 4.98 Å². The first kappa shape index (κ1) is 19.3. The van der Waals surface area contributed by atoms with E-state index in [2.05, 4.69) is 22.4 Å². The van der Waals surface area contributed by atoms with Crippen molar-refractivity contribution in [2.75, 3.05) is 13.1 Å². The predicted octanol–water partition coefficient (Wildman–Crippen LogP) is 2.13. The Kier molecular flexibility index (Phi) is 5.76. The highest BCUT2D eigenvalue weighted by molar-refractivity contribution is 7.89. The van der Waals surface area contributed by atoms with Crippen molar-refractivity contribution in [2.24, 2.45) is 5.14 Å². The molecule has 27 heavy (non-hydrogen) atoms. The zero-order valence-electron chi connectivity index (χ0n) is 15.3. The lowest BCUT2D eigenvalue weighted by Gasteiger charge is -2.33. The number of sulfonamides is 1. The third-order valence-corrected chi connectivity index (χ3v) is 5.79. The van der Waals surface area contributed by atoms with Crippen LogP contribution in [0.3, 0.4) is 0 Å². The van der Waals surface area contributed by atoms with Gasteiger partial charge < -0.3 is 10.2 Å². The van der Waals surface area contributed by atoms with Crippen molar-refractivity contribution < 1.29 is 13.2 Å². The van der Waals surface area contributed by atoms with Crippen LogP contribution in [0.15, 0.2) is 47.5 Å². The van der Waals surface area contributed by atoms with Crippen LogP contribution in [-0.2, 0) is 16.6 Å². The molecule has 1 fully saturated rings. The molecule has 0 bridgehead atoms. The average Bonchev–Trinajstić information content (AvgIpc) is 2.67. The summed E-state index contributed by atoms with van der Waals surface area (Å²) in [6.45, 7) is 3.35. The van der Waals surface area contributed by atoms with Crippen LogP contribution >= 0.6 is 0 Å². The van der Waals surface area contributed by atoms with Gasteiger partial charge >= 0.3 is 6.03 Å². The Labute approximate surface area is 159 Å². The standard InChI is InChI=1S/C19H24N4O3S/c1-14-17(10-18(12-21-14)27(20,25)26)11-22-19(24)23-9-5-8-16(13-23)15-6-3-2-4-7-15/h2-4,6-7,10,12,16H,5,8-9,11,13H2,1H3,(H,22,24)(H2,20,25,26). The van der Waals surface area contributed by atoms with Crippen LogP contribution in [0, 0.1) is 6.92 Å². The Balaban J connectivity index is 1.64. The first-order chi connectivity index (χ1) is 12.8. The minimum atomic E-state index is -3.82. The van der Waals surface area contributed by atoms with Gasteiger partial charge in [0.1, 0.15) is 4.90 Å². The number of nitrogens with two attached hydrogens (primary N) is 1. The molecule has 1 aliphatic rings. The number of carbonyl (C=O) groups is 1. The topological polar surface area (TPSA) is 105 Å². The Morgan fingerprint density at radius 3 is 2.78 bits per heavy atom. The molecule has 1 aromatic heterocycles. The minimum Gasteiger partial charge on any atom is -0.334 e. The van der Waals surface area contributed by atoms with Gasteiger partial charge in [-0.15, -0.1) is 0 Å². The first-order valence-corrected chi connectivity index (χ1v) is 10.5. The largest absolute Gasteiger partial charge is 0.334 e. The number of aromatic nitrogens is 1. The van der Waals surface area contributed by atoms with E-state index in [0.717, 1.165) is 12.8 Å². The van der Waals surface area contributed by atoms with Gasteiger partial charge in [0.25, 0.3) is 0 Å². The van der Waals surface area contributed by atoms with Gasteiger partial charge in [0.2, 0.25) is 10.0 Å². The molecule has 0 aliphatic carbocycles. The fraction of sp³-hybridized carbons (Fsp3) is 0.368. The second-order valence-electron chi connectivity index (χ2n) is 6.82. The van der Waals surface area contributed by atoms with Crippen LogP contribution in [0.5, 0.6) is 0 Å². The smallest absolute Gasteiger partial charge is 0.317 e. The van der Waals surface area contributed by atoms with E-state index >= 15 is 0 Å². The van der Waals surface area contributed by atoms with E-state index in [1.54, 1.807) is 6.92 Å². The molecule has 0 saturated carbocycles. The highest BCUT2D eigenvalue weighted by atomic mass is 32.2. The molecule has 1 aromatic carbocycles. The first-order valence-electron chi connectivity index (χ1n) is 8.90. The van der Waals surface area contributed by atoms with Crippen molar-refractivity contribution in [3.05, 3.63) is 59.4 Å². The number of rotatable bonds is 4. The van der Waals surface area contributed by atoms with Crippen molar-refractivity contribution in [3.8, 4) is 0 Å². The summed E-state index contributed by atoms with van der Waals surface area (Å²) in [4.78, 5) is 18.4. The number of primary sulfonamides is 1. The maximum atomic E-state index is 12.6. The average molecular weight is 388 g/mol. The molecule has 3 N–H and O–H groups in total. The van der Waals surface area contributed by atoms with Crippen molar-refractivity contribution in [1.29, 1.82) is 0 Å². The number of pyridine rings is 1. The number of urea groups is 1. The maximum Gasteiger partial charge on any atom is 0.317 e. The summed E-state index contributed by atoms with van der Waals surface area (Å²) in [5.41, 5.74) is 2.53. The molecule has 0 radical (unpaired) electrons. The van der Waals surface area contributed by atoms with Gasteiger partial charge in [-0.1, -0.05) is 30.3 Å². The van der Waals surface area contributed by atoms with E-state index < -0.39 is 10.0 Å². The lowest BCUT2D eigenvalue weighted by molar-refractivity contribution is 0.179. The molecular weight excluding hydrogens is 364 g/mol. The van der Waals surface area contributed by atoms with Crippen molar-refractivity contribution in [1.82, 2.24) is 15.2 Å². The van der Waals surface area contributed by atoms with E-state index in [1.165, 1.54) is 17.8 Å². The van der Waals surface area contributed by atoms with E-state index in [-0.39, 0.29) is 17.5 Å². The number of amides is 2. The highest BCUT2D eigenvalue weighted by Gasteiger charge is 2.24. The zero-order valence-corrected chi connectivity index (χ0v) is 16.1. The predicted molar refractivity (Wildman–Crippen MR) is 103 cm³/mol. The third kappa shape index (κ3) is 4.84. The number of nitrogens with one attached hydrogen (secondary N) is 1. The van der Waals surface area contributed by atoms with Gasteiger partial charge in [-0.05, 0) is 37.0 Å². The van der Waals surface area contributed by atoms with E-state index in [4.69, 9.17) is 5.14 Å². The molecule has 1 atom stereocenters. The molecule has 1 saturated heterocycles. The Hall–Kier alpha value is -2.45. The number of likely N-dealkylation sites (tertiary alicyclic amines) is 1. The summed E-state index contributed by atoms with van der Waals surface area (Å²) in [5.74, 6) is 0.333. The molecule has 1 unspecified atom stereocenters. The van der Waals surface area contributed by atoms with Crippen molar-refractivity contribution in [3.63, 3.8) is 0 Å². The zero-order chi connectivity index (χ0) is 19.4. The lowest BCUT2D eigenvalue weighted by atomic mass is 9.91. The van der Waals surface area contributed by atoms with Gasteiger partial charge in [0, 0.05) is 37.4 Å². The van der Waals surface area contributed by atoms with Crippen LogP contribution in [0.4, 0.5) is 4.79 Å². The normalized spacial score (nSPS) is 17.6. The number of aryl methyl sites for hydroxylation is 1. The van der Waals surface area contributed by atoms with Gasteiger partial charge in [0.15, 0.2) is 0 Å². The van der Waals surface area contributed by atoms with Crippen LogP contribution in [-0.4, -0.2) is 37.4 Å². The molecule has 144 valence electrons. The van der Waals surface area contributed by atoms with E-state index in [0.29, 0.717) is 30.3 Å². The summed E-state index contributed by atoms with van der Waals surface area (Å²) < 4.78 is 23.0. The minimum absolute atomic E-state index is 0.0561. The number of benzene rings is 1. The fourth-order valence-electron chi connectivity index (χ4n) is 3.33. The van der Waals surface area contributed by atoms with Crippen molar-refractivity contribution in [2.45, 2.75) is 37.1 Å². The monoisotopic (exact) mass is 388 g/mol. The molecule has 2 aromatic rings. The van der Waals surface area contributed by atoms with Crippen LogP contribution in [0.25, 0.3) is 0 Å². The molecule has 1 aliphatic heterocycles. The molecule has 2 amide bonds. The van der Waals surface area contributed by atoms with Crippen molar-refractivity contribution >= 4 is 16.1 Å². The molecule has 0 spiro atoms. The number of carbonyl (C=O) groups excluding carboxylic acids is 1. The lowest BCUT2D eigenvalue weighted by Crippen LogP contribution is -2.44. The Morgan fingerprint density at radius 1 is 1.33 bits per heavy atom. The number of hydrogen-bond donors (Lipinski definition) is 2. The quantitative estimate of drug-likeness (QED) is 0.837. The number of nitrogens with zero attached hydrogens (tertiary/aromatic N) is 2. The summed E-state index contributed by atoms with van der Waals surface area (Å²) in [6, 6.07) is 11.5. The molecule has 2 heterocycles. The second kappa shape index (κ2) is 8.06. The maximum absolute atomic E-state index is 12.6. The Morgan fingerprint density at radius 2 is 2.07 bits per heavy atom. The van der Waals surface area contributed by atoms with Crippen LogP contribution < -0.4 is 10.5 Å². The molecule has 8 heteroatoms. The summed E-state index contributed by atoms with van der Waals surface area (Å²) >= 11 is 0. The van der Waals surface area contributed by atoms with Gasteiger partial charge in [-0.2, -0.15) is 0 Å². The van der Waals surface area contributed by atoms with Crippen LogP contribution in [0.2, 0.25) is 0 Å². The Bertz CT molecular complexity index is 916. The van der Waals surface area contributed by atoms with Gasteiger partial charge in [-0.25, -0.2) is 18.4 Å². The summed E-state index contributed by atoms with van der Waals surface area (Å²) in [5, 5.41) is 8.03.